The molecule has 1 N–H and O–H groups in total. The second-order valence-electron chi connectivity index (χ2n) is 12.5. The number of phosphoric acid groups is 1. The molecule has 0 heterocycles. The molecule has 0 aromatic heterocycles. The van der Waals surface area contributed by atoms with E-state index in [0.29, 0.717) is 6.42 Å². The van der Waals surface area contributed by atoms with Gasteiger partial charge in [0.05, 0.1) is 6.61 Å². The van der Waals surface area contributed by atoms with Crippen LogP contribution in [0.1, 0.15) is 187 Å². The van der Waals surface area contributed by atoms with Crippen LogP contribution < -0.4 is 34.5 Å². The average molecular weight is 683 g/mol. The molecular weight excluding hydrogens is 614 g/mol. The summed E-state index contributed by atoms with van der Waals surface area (Å²) in [6.07, 6.45) is 33.4. The van der Waals surface area contributed by atoms with Crippen LogP contribution in [0.5, 0.6) is 0 Å². The first kappa shape index (κ1) is 47.9. The Bertz CT molecular complexity index is 758. The molecule has 8 nitrogen and oxygen atoms in total. The van der Waals surface area contributed by atoms with Crippen LogP contribution in [0.25, 0.3) is 0 Å². The van der Waals surface area contributed by atoms with E-state index in [1.165, 1.54) is 103 Å². The van der Waals surface area contributed by atoms with E-state index in [2.05, 4.69) is 30.5 Å². The third-order valence-electron chi connectivity index (χ3n) is 8.03. The van der Waals surface area contributed by atoms with Gasteiger partial charge in [-0.25, -0.2) is 0 Å². The Labute approximate surface area is 304 Å². The predicted octanol–water partition coefficient (Wildman–Crippen LogP) is 7.05. The van der Waals surface area contributed by atoms with Gasteiger partial charge in [-0.2, -0.15) is 0 Å². The van der Waals surface area contributed by atoms with Gasteiger partial charge in [-0.15, -0.1) is 0 Å². The van der Waals surface area contributed by atoms with Gasteiger partial charge in [-0.05, 0) is 38.5 Å². The van der Waals surface area contributed by atoms with E-state index < -0.39 is 32.5 Å². The molecule has 0 aliphatic rings. The number of hydrogen-bond acceptors (Lipinski definition) is 7. The largest absolute Gasteiger partial charge is 1.00 e. The van der Waals surface area contributed by atoms with Crippen LogP contribution in [-0.2, 0) is 28.2 Å². The van der Waals surface area contributed by atoms with E-state index in [1.807, 2.05) is 0 Å². The van der Waals surface area contributed by atoms with Crippen molar-refractivity contribution < 1.29 is 67.5 Å². The Morgan fingerprint density at radius 1 is 0.609 bits per heavy atom. The molecule has 1 unspecified atom stereocenters. The number of phosphoric ester groups is 1. The zero-order valence-electron chi connectivity index (χ0n) is 30.0. The molecule has 10 heteroatoms. The maximum absolute atomic E-state index is 12.3. The Balaban J connectivity index is 0. The van der Waals surface area contributed by atoms with Crippen LogP contribution in [0.4, 0.5) is 0 Å². The smallest absolute Gasteiger partial charge is 0.756 e. The summed E-state index contributed by atoms with van der Waals surface area (Å²) in [5.74, 6) is -0.924. The molecule has 46 heavy (non-hydrogen) atoms. The minimum atomic E-state index is -4.99. The van der Waals surface area contributed by atoms with Crippen LogP contribution in [-0.4, -0.2) is 36.1 Å². The standard InChI is InChI=1S/C36H69O8P.Na/c1-3-5-7-9-11-13-15-17-18-19-21-23-25-27-29-31-36(38)44-34(33-43-45(39,40)41)32-42-35(37)30-28-26-24-22-20-16-14-12-10-8-6-4-2;/h17-18,34H,3-16,19-33H2,1-2H3,(H2,39,40,41);/q;+1/p-1/b18-17-;/t34-;/m1./s1. The topological polar surface area (TPSA) is 122 Å². The molecule has 0 fully saturated rings. The van der Waals surface area contributed by atoms with E-state index in [4.69, 9.17) is 14.4 Å². The second-order valence-corrected chi connectivity index (χ2v) is 13.7. The normalized spacial score (nSPS) is 13.3. The second kappa shape index (κ2) is 36.1. The number of carbonyl (C=O) groups is 2. The van der Waals surface area contributed by atoms with Crippen molar-refractivity contribution in [1.29, 1.82) is 0 Å². The fraction of sp³-hybridized carbons (Fsp3) is 0.889. The SMILES string of the molecule is CCCCCCCC/C=C\CCCCCCCC(=O)O[C@H](COC(=O)CCCCCCCCCCCCCC)COP(=O)([O-])O.[Na+]. The first-order chi connectivity index (χ1) is 21.8. The van der Waals surface area contributed by atoms with Crippen molar-refractivity contribution in [1.82, 2.24) is 0 Å². The summed E-state index contributed by atoms with van der Waals surface area (Å²) >= 11 is 0. The number of allylic oxidation sites excluding steroid dienone is 2. The molecule has 2 atom stereocenters. The zero-order valence-corrected chi connectivity index (χ0v) is 32.9. The minimum Gasteiger partial charge on any atom is -0.756 e. The number of carbonyl (C=O) groups excluding carboxylic acids is 2. The van der Waals surface area contributed by atoms with Crippen molar-refractivity contribution in [2.75, 3.05) is 13.2 Å². The summed E-state index contributed by atoms with van der Waals surface area (Å²) in [4.78, 5) is 44.5. The summed E-state index contributed by atoms with van der Waals surface area (Å²) < 4.78 is 26.0. The van der Waals surface area contributed by atoms with Crippen LogP contribution in [0.2, 0.25) is 0 Å². The van der Waals surface area contributed by atoms with Crippen LogP contribution in [0, 0.1) is 0 Å². The van der Waals surface area contributed by atoms with Crippen molar-refractivity contribution in [3.8, 4) is 0 Å². The van der Waals surface area contributed by atoms with E-state index in [0.717, 1.165) is 51.4 Å². The fourth-order valence-corrected chi connectivity index (χ4v) is 5.60. The van der Waals surface area contributed by atoms with Crippen molar-refractivity contribution in [3.05, 3.63) is 12.2 Å². The number of esters is 2. The van der Waals surface area contributed by atoms with Crippen LogP contribution in [0.3, 0.4) is 0 Å². The van der Waals surface area contributed by atoms with Gasteiger partial charge < -0.3 is 23.8 Å². The van der Waals surface area contributed by atoms with Gasteiger partial charge in [0.25, 0.3) is 7.82 Å². The van der Waals surface area contributed by atoms with Gasteiger partial charge in [-0.3, -0.25) is 14.2 Å². The molecule has 0 aliphatic heterocycles. The van der Waals surface area contributed by atoms with Gasteiger partial charge >= 0.3 is 41.5 Å². The van der Waals surface area contributed by atoms with Gasteiger partial charge in [0.15, 0.2) is 6.10 Å². The molecule has 0 amide bonds. The minimum absolute atomic E-state index is 0. The molecule has 0 rings (SSSR count). The molecular formula is C36H68NaO8P. The molecule has 0 saturated heterocycles. The number of hydrogen-bond donors (Lipinski definition) is 1. The summed E-state index contributed by atoms with van der Waals surface area (Å²) in [5, 5.41) is 0. The summed E-state index contributed by atoms with van der Waals surface area (Å²) in [6, 6.07) is 0. The molecule has 0 aromatic carbocycles. The average Bonchev–Trinajstić information content (AvgIpc) is 3.00. The van der Waals surface area contributed by atoms with Crippen molar-refractivity contribution in [2.24, 2.45) is 0 Å². The van der Waals surface area contributed by atoms with Crippen LogP contribution in [0.15, 0.2) is 12.2 Å². The molecule has 0 aromatic rings. The maximum Gasteiger partial charge on any atom is 1.00 e. The van der Waals surface area contributed by atoms with E-state index >= 15 is 0 Å². The van der Waals surface area contributed by atoms with E-state index in [-0.39, 0.29) is 49.0 Å². The molecule has 0 aliphatic carbocycles. The Kier molecular flexibility index (Phi) is 37.6. The summed E-state index contributed by atoms with van der Waals surface area (Å²) in [6.45, 7) is 3.57. The van der Waals surface area contributed by atoms with Crippen LogP contribution >= 0.6 is 7.82 Å². The van der Waals surface area contributed by atoms with Gasteiger partial charge in [0.1, 0.15) is 6.61 Å². The number of ether oxygens (including phenoxy) is 2. The molecule has 266 valence electrons. The van der Waals surface area contributed by atoms with Gasteiger partial charge in [0, 0.05) is 12.8 Å². The molecule has 0 bridgehead atoms. The Morgan fingerprint density at radius 2 is 0.978 bits per heavy atom. The number of unbranched alkanes of at least 4 members (excludes halogenated alkanes) is 22. The Hall–Kier alpha value is -0.210. The van der Waals surface area contributed by atoms with E-state index in [9.17, 15) is 19.0 Å². The summed E-state index contributed by atoms with van der Waals surface area (Å²) in [5.41, 5.74) is 0. The van der Waals surface area contributed by atoms with Gasteiger partial charge in [0.2, 0.25) is 0 Å². The van der Waals surface area contributed by atoms with E-state index in [1.54, 1.807) is 0 Å². The molecule has 0 radical (unpaired) electrons. The third-order valence-corrected chi connectivity index (χ3v) is 8.50. The quantitative estimate of drug-likeness (QED) is 0.0252. The predicted molar refractivity (Wildman–Crippen MR) is 182 cm³/mol. The third kappa shape index (κ3) is 38.2. The van der Waals surface area contributed by atoms with Crippen molar-refractivity contribution in [2.45, 2.75) is 193 Å². The first-order valence-corrected chi connectivity index (χ1v) is 20.0. The summed E-state index contributed by atoms with van der Waals surface area (Å²) in [7, 11) is -4.99. The Morgan fingerprint density at radius 3 is 1.39 bits per heavy atom. The first-order valence-electron chi connectivity index (χ1n) is 18.5. The maximum atomic E-state index is 12.3. The van der Waals surface area contributed by atoms with Crippen molar-refractivity contribution in [3.63, 3.8) is 0 Å². The zero-order chi connectivity index (χ0) is 33.3. The number of rotatable bonds is 34. The van der Waals surface area contributed by atoms with Crippen molar-refractivity contribution >= 4 is 19.8 Å². The fourth-order valence-electron chi connectivity index (χ4n) is 5.25. The monoisotopic (exact) mass is 682 g/mol. The molecule has 0 saturated carbocycles. The molecule has 0 spiro atoms. The van der Waals surface area contributed by atoms with Gasteiger partial charge in [-0.1, -0.05) is 148 Å².